The molecule has 2 amide bonds. The SMILES string of the molecule is O=C1CN(C(=O)CCc2ccccc2)[C@H](c2ccc(F)cc2)c2cc(F)ccc2N1. The predicted molar refractivity (Wildman–Crippen MR) is 110 cm³/mol. The molecule has 1 N–H and O–H groups in total. The van der Waals surface area contributed by atoms with Crippen LogP contribution in [0.2, 0.25) is 0 Å². The Kier molecular flexibility index (Phi) is 5.57. The zero-order valence-corrected chi connectivity index (χ0v) is 16.1. The van der Waals surface area contributed by atoms with Crippen LogP contribution in [-0.4, -0.2) is 23.3 Å². The first-order valence-corrected chi connectivity index (χ1v) is 9.69. The summed E-state index contributed by atoms with van der Waals surface area (Å²) in [5, 5.41) is 2.75. The van der Waals surface area contributed by atoms with Gasteiger partial charge in [-0.25, -0.2) is 8.78 Å². The molecule has 1 aliphatic rings. The number of nitrogens with zero attached hydrogens (tertiary/aromatic N) is 1. The van der Waals surface area contributed by atoms with Crippen LogP contribution in [0.4, 0.5) is 14.5 Å². The summed E-state index contributed by atoms with van der Waals surface area (Å²) in [4.78, 5) is 27.1. The van der Waals surface area contributed by atoms with Gasteiger partial charge in [0.1, 0.15) is 18.2 Å². The summed E-state index contributed by atoms with van der Waals surface area (Å²) >= 11 is 0. The molecule has 0 unspecified atom stereocenters. The standard InChI is InChI=1S/C24H20F2N2O2/c25-18-9-7-17(8-10-18)24-20-14-19(26)11-12-21(20)27-22(29)15-28(24)23(30)13-6-16-4-2-1-3-5-16/h1-5,7-12,14,24H,6,13,15H2,(H,27,29)/t24-/m1/s1. The van der Waals surface area contributed by atoms with Crippen LogP contribution < -0.4 is 5.32 Å². The van der Waals surface area contributed by atoms with Crippen LogP contribution in [0.3, 0.4) is 0 Å². The molecule has 4 rings (SSSR count). The monoisotopic (exact) mass is 406 g/mol. The topological polar surface area (TPSA) is 49.4 Å². The molecule has 1 aliphatic heterocycles. The van der Waals surface area contributed by atoms with Gasteiger partial charge < -0.3 is 10.2 Å². The lowest BCUT2D eigenvalue weighted by atomic mass is 9.95. The third-order valence-electron chi connectivity index (χ3n) is 5.18. The highest BCUT2D eigenvalue weighted by molar-refractivity contribution is 5.97. The van der Waals surface area contributed by atoms with E-state index in [0.717, 1.165) is 5.56 Å². The maximum absolute atomic E-state index is 14.1. The van der Waals surface area contributed by atoms with Crippen molar-refractivity contribution in [3.63, 3.8) is 0 Å². The average Bonchev–Trinajstić information content (AvgIpc) is 2.89. The molecule has 152 valence electrons. The molecule has 0 aromatic heterocycles. The second-order valence-corrected chi connectivity index (χ2v) is 7.24. The molecule has 3 aromatic carbocycles. The van der Waals surface area contributed by atoms with Crippen molar-refractivity contribution in [3.05, 3.63) is 101 Å². The van der Waals surface area contributed by atoms with Gasteiger partial charge in [0, 0.05) is 17.7 Å². The summed E-state index contributed by atoms with van der Waals surface area (Å²) in [5.41, 5.74) is 2.51. The number of carbonyl (C=O) groups is 2. The van der Waals surface area contributed by atoms with Crippen molar-refractivity contribution in [2.75, 3.05) is 11.9 Å². The maximum Gasteiger partial charge on any atom is 0.244 e. The van der Waals surface area contributed by atoms with E-state index in [0.29, 0.717) is 23.2 Å². The van der Waals surface area contributed by atoms with E-state index in [9.17, 15) is 18.4 Å². The van der Waals surface area contributed by atoms with E-state index in [1.807, 2.05) is 30.3 Å². The van der Waals surface area contributed by atoms with E-state index in [1.54, 1.807) is 12.1 Å². The maximum atomic E-state index is 14.1. The van der Waals surface area contributed by atoms with E-state index in [2.05, 4.69) is 5.32 Å². The van der Waals surface area contributed by atoms with E-state index >= 15 is 0 Å². The van der Waals surface area contributed by atoms with Gasteiger partial charge in [0.2, 0.25) is 11.8 Å². The van der Waals surface area contributed by atoms with Crippen LogP contribution >= 0.6 is 0 Å². The van der Waals surface area contributed by atoms with Gasteiger partial charge in [0.05, 0.1) is 6.04 Å². The van der Waals surface area contributed by atoms with Gasteiger partial charge in [0.25, 0.3) is 0 Å². The van der Waals surface area contributed by atoms with E-state index in [-0.39, 0.29) is 24.8 Å². The van der Waals surface area contributed by atoms with Crippen molar-refractivity contribution in [2.45, 2.75) is 18.9 Å². The molecule has 0 saturated carbocycles. The van der Waals surface area contributed by atoms with Gasteiger partial charge in [-0.15, -0.1) is 0 Å². The summed E-state index contributed by atoms with van der Waals surface area (Å²) < 4.78 is 27.6. The van der Waals surface area contributed by atoms with Gasteiger partial charge in [-0.05, 0) is 47.9 Å². The molecular formula is C24H20F2N2O2. The van der Waals surface area contributed by atoms with E-state index < -0.39 is 17.7 Å². The van der Waals surface area contributed by atoms with Crippen LogP contribution in [-0.2, 0) is 16.0 Å². The lowest BCUT2D eigenvalue weighted by Crippen LogP contribution is -2.39. The Labute approximate surface area is 173 Å². The number of carbonyl (C=O) groups excluding carboxylic acids is 2. The zero-order chi connectivity index (χ0) is 21.1. The molecule has 1 atom stereocenters. The number of aryl methyl sites for hydroxylation is 1. The van der Waals surface area contributed by atoms with Gasteiger partial charge in [-0.2, -0.15) is 0 Å². The Morgan fingerprint density at radius 1 is 0.967 bits per heavy atom. The van der Waals surface area contributed by atoms with Crippen molar-refractivity contribution >= 4 is 17.5 Å². The minimum Gasteiger partial charge on any atom is -0.324 e. The summed E-state index contributed by atoms with van der Waals surface area (Å²) in [5.74, 6) is -1.49. The second-order valence-electron chi connectivity index (χ2n) is 7.24. The Morgan fingerprint density at radius 2 is 1.67 bits per heavy atom. The lowest BCUT2D eigenvalue weighted by molar-refractivity contribution is -0.136. The fraction of sp³-hybridized carbons (Fsp3) is 0.167. The first kappa shape index (κ1) is 19.8. The lowest BCUT2D eigenvalue weighted by Gasteiger charge is -2.30. The number of anilines is 1. The smallest absolute Gasteiger partial charge is 0.244 e. The summed E-state index contributed by atoms with van der Waals surface area (Å²) in [6, 6.07) is 18.6. The number of halogens is 2. The summed E-state index contributed by atoms with van der Waals surface area (Å²) in [6.45, 7) is -0.175. The number of nitrogens with one attached hydrogen (secondary N) is 1. The Hall–Kier alpha value is -3.54. The number of rotatable bonds is 4. The molecule has 0 aliphatic carbocycles. The number of fused-ring (bicyclic) bond motifs is 1. The molecule has 6 heteroatoms. The molecular weight excluding hydrogens is 386 g/mol. The van der Waals surface area contributed by atoms with Crippen molar-refractivity contribution in [3.8, 4) is 0 Å². The summed E-state index contributed by atoms with van der Waals surface area (Å²) in [7, 11) is 0. The number of amides is 2. The second kappa shape index (κ2) is 8.45. The van der Waals surface area contributed by atoms with Crippen LogP contribution in [0.25, 0.3) is 0 Å². The number of hydrogen-bond acceptors (Lipinski definition) is 2. The van der Waals surface area contributed by atoms with E-state index in [1.165, 1.54) is 35.2 Å². The van der Waals surface area contributed by atoms with Crippen LogP contribution in [0.1, 0.15) is 29.2 Å². The van der Waals surface area contributed by atoms with Crippen molar-refractivity contribution in [1.29, 1.82) is 0 Å². The number of hydrogen-bond donors (Lipinski definition) is 1. The van der Waals surface area contributed by atoms with Crippen LogP contribution in [0, 0.1) is 11.6 Å². The molecule has 4 nitrogen and oxygen atoms in total. The van der Waals surface area contributed by atoms with Gasteiger partial charge in [0.15, 0.2) is 0 Å². The molecule has 0 fully saturated rings. The van der Waals surface area contributed by atoms with Crippen molar-refractivity contribution < 1.29 is 18.4 Å². The van der Waals surface area contributed by atoms with Gasteiger partial charge in [-0.3, -0.25) is 9.59 Å². The van der Waals surface area contributed by atoms with Gasteiger partial charge in [-0.1, -0.05) is 42.5 Å². The molecule has 0 radical (unpaired) electrons. The minimum absolute atomic E-state index is 0.175. The van der Waals surface area contributed by atoms with Crippen molar-refractivity contribution in [2.24, 2.45) is 0 Å². The first-order chi connectivity index (χ1) is 14.5. The highest BCUT2D eigenvalue weighted by Gasteiger charge is 2.33. The predicted octanol–water partition coefficient (Wildman–Crippen LogP) is 4.47. The molecule has 0 spiro atoms. The molecule has 1 heterocycles. The van der Waals surface area contributed by atoms with E-state index in [4.69, 9.17) is 0 Å². The zero-order valence-electron chi connectivity index (χ0n) is 16.1. The Morgan fingerprint density at radius 3 is 2.40 bits per heavy atom. The Balaban J connectivity index is 1.72. The van der Waals surface area contributed by atoms with Crippen molar-refractivity contribution in [1.82, 2.24) is 4.90 Å². The molecule has 3 aromatic rings. The molecule has 0 saturated heterocycles. The molecule has 30 heavy (non-hydrogen) atoms. The fourth-order valence-electron chi connectivity index (χ4n) is 3.75. The summed E-state index contributed by atoms with van der Waals surface area (Å²) in [6.07, 6.45) is 0.712. The molecule has 0 bridgehead atoms. The fourth-order valence-corrected chi connectivity index (χ4v) is 3.75. The van der Waals surface area contributed by atoms with Crippen LogP contribution in [0.15, 0.2) is 72.8 Å². The normalized spacial score (nSPS) is 15.9. The number of benzene rings is 3. The van der Waals surface area contributed by atoms with Gasteiger partial charge >= 0.3 is 0 Å². The first-order valence-electron chi connectivity index (χ1n) is 9.69. The Bertz CT molecular complexity index is 1070. The third kappa shape index (κ3) is 4.22. The highest BCUT2D eigenvalue weighted by atomic mass is 19.1. The largest absolute Gasteiger partial charge is 0.324 e. The van der Waals surface area contributed by atoms with Crippen LogP contribution in [0.5, 0.6) is 0 Å². The quantitative estimate of drug-likeness (QED) is 0.695. The average molecular weight is 406 g/mol. The third-order valence-corrected chi connectivity index (χ3v) is 5.18. The minimum atomic E-state index is -0.710. The highest BCUT2D eigenvalue weighted by Crippen LogP contribution is 2.36.